The zero-order chi connectivity index (χ0) is 75.5. The molecule has 2 unspecified atom stereocenters. The highest BCUT2D eigenvalue weighted by Gasteiger charge is 2.30. The van der Waals surface area contributed by atoms with E-state index in [1.165, 1.54) is 276 Å². The van der Waals surface area contributed by atoms with E-state index in [1.54, 1.807) is 0 Å². The van der Waals surface area contributed by atoms with Gasteiger partial charge in [0.25, 0.3) is 0 Å². The molecule has 0 aliphatic heterocycles. The van der Waals surface area contributed by atoms with Gasteiger partial charge < -0.3 is 33.8 Å². The smallest absolute Gasteiger partial charge is 0.462 e. The first-order valence-electron chi connectivity index (χ1n) is 43.6. The fourth-order valence-corrected chi connectivity index (χ4v) is 14.7. The summed E-state index contributed by atoms with van der Waals surface area (Å²) in [6.07, 6.45) is 69.4. The van der Waals surface area contributed by atoms with Gasteiger partial charge in [0.05, 0.1) is 26.4 Å². The molecule has 0 aromatic rings. The Kier molecular flexibility index (Phi) is 75.4. The van der Waals surface area contributed by atoms with Crippen molar-refractivity contribution in [3.05, 3.63) is 0 Å². The van der Waals surface area contributed by atoms with E-state index in [4.69, 9.17) is 37.0 Å². The second-order valence-electron chi connectivity index (χ2n) is 30.7. The van der Waals surface area contributed by atoms with Crippen molar-refractivity contribution in [2.45, 2.75) is 470 Å². The average Bonchev–Trinajstić information content (AvgIpc) is 0.929. The summed E-state index contributed by atoms with van der Waals surface area (Å²) in [6.45, 7) is 7.35. The molecular weight excluding hydrogens is 1340 g/mol. The first-order valence-corrected chi connectivity index (χ1v) is 46.6. The molecule has 0 bridgehead atoms. The Morgan fingerprint density at radius 2 is 0.447 bits per heavy atom. The predicted octanol–water partition coefficient (Wildman–Crippen LogP) is 25.6. The Balaban J connectivity index is 5.23. The second-order valence-corrected chi connectivity index (χ2v) is 33.6. The number of carbonyl (C=O) groups excluding carboxylic acids is 4. The Bertz CT molecular complexity index is 1960. The number of carbonyl (C=O) groups is 4. The van der Waals surface area contributed by atoms with E-state index >= 15 is 0 Å². The number of phosphoric ester groups is 2. The van der Waals surface area contributed by atoms with Crippen molar-refractivity contribution in [3.63, 3.8) is 0 Å². The highest BCUT2D eigenvalue weighted by atomic mass is 31.2. The van der Waals surface area contributed by atoms with E-state index in [1.807, 2.05) is 0 Å². The number of aliphatic hydroxyl groups is 1. The first-order chi connectivity index (χ1) is 50.0. The van der Waals surface area contributed by atoms with Crippen molar-refractivity contribution in [2.75, 3.05) is 39.6 Å². The molecule has 3 N–H and O–H groups in total. The van der Waals surface area contributed by atoms with Crippen molar-refractivity contribution in [3.8, 4) is 0 Å². The zero-order valence-electron chi connectivity index (χ0n) is 67.5. The standard InChI is InChI=1S/C84H164O17P2/c1-6-9-12-15-18-21-24-26-28-30-32-34-36-38-43-48-53-58-63-68-82(87)95-74-80(101-83(88)69-64-59-54-49-44-39-37-35-33-31-29-27-25-22-19-16-13-10-7-2)76-99-103(92,93)97-72-78(85)71-96-102(90,91)98-75-79(73-94-81(86)67-62-57-52-47-23-20-17-14-11-8-3)100-84(89)70-65-60-55-50-45-41-40-42-46-51-56-61-66-77(4)5/h77-80,85H,6-76H2,1-5H3,(H,90,91)(H,92,93)/t78-,79+,80+/m0/s1. The second kappa shape index (κ2) is 76.8. The lowest BCUT2D eigenvalue weighted by atomic mass is 10.0. The van der Waals surface area contributed by atoms with Gasteiger partial charge >= 0.3 is 39.5 Å². The van der Waals surface area contributed by atoms with Gasteiger partial charge in [0.1, 0.15) is 19.3 Å². The SMILES string of the molecule is CCCCCCCCCCCCCCCCCCCCCC(=O)OC[C@H](COP(=O)(O)OC[C@@H](O)COP(=O)(O)OC[C@@H](COC(=O)CCCCCCCCCCCC)OC(=O)CCCCCCCCCCCCCCC(C)C)OC(=O)CCCCCCCCCCCCCCCCCCCCC. The lowest BCUT2D eigenvalue weighted by molar-refractivity contribution is -0.161. The van der Waals surface area contributed by atoms with Gasteiger partial charge in [-0.25, -0.2) is 9.13 Å². The van der Waals surface area contributed by atoms with Crippen LogP contribution in [0.4, 0.5) is 0 Å². The monoisotopic (exact) mass is 1510 g/mol. The number of phosphoric acid groups is 2. The Morgan fingerprint density at radius 3 is 0.660 bits per heavy atom. The average molecular weight is 1510 g/mol. The zero-order valence-corrected chi connectivity index (χ0v) is 69.3. The fraction of sp³-hybridized carbons (Fsp3) is 0.952. The molecule has 0 heterocycles. The molecule has 0 aromatic carbocycles. The number of esters is 4. The van der Waals surface area contributed by atoms with E-state index in [2.05, 4.69) is 34.6 Å². The van der Waals surface area contributed by atoms with Crippen LogP contribution in [0.1, 0.15) is 452 Å². The Labute approximate surface area is 632 Å². The fourth-order valence-electron chi connectivity index (χ4n) is 13.1. The topological polar surface area (TPSA) is 237 Å². The van der Waals surface area contributed by atoms with E-state index < -0.39 is 97.5 Å². The minimum Gasteiger partial charge on any atom is -0.462 e. The number of hydrogen-bond donors (Lipinski definition) is 3. The summed E-state index contributed by atoms with van der Waals surface area (Å²) < 4.78 is 68.8. The maximum Gasteiger partial charge on any atom is 0.472 e. The van der Waals surface area contributed by atoms with Crippen LogP contribution in [-0.4, -0.2) is 96.7 Å². The van der Waals surface area contributed by atoms with Crippen molar-refractivity contribution in [1.82, 2.24) is 0 Å². The van der Waals surface area contributed by atoms with Crippen LogP contribution in [-0.2, 0) is 65.4 Å². The minimum atomic E-state index is -4.96. The van der Waals surface area contributed by atoms with Gasteiger partial charge in [-0.1, -0.05) is 401 Å². The number of ether oxygens (including phenoxy) is 4. The van der Waals surface area contributed by atoms with E-state index in [0.29, 0.717) is 25.7 Å². The van der Waals surface area contributed by atoms with Crippen LogP contribution in [0.5, 0.6) is 0 Å². The molecule has 0 aromatic heterocycles. The lowest BCUT2D eigenvalue weighted by Gasteiger charge is -2.21. The summed E-state index contributed by atoms with van der Waals surface area (Å²) in [5.41, 5.74) is 0. The van der Waals surface area contributed by atoms with Gasteiger partial charge in [0, 0.05) is 25.7 Å². The third-order valence-electron chi connectivity index (χ3n) is 19.8. The number of aliphatic hydroxyl groups excluding tert-OH is 1. The Hall–Kier alpha value is -1.94. The molecule has 0 fully saturated rings. The number of rotatable bonds is 84. The van der Waals surface area contributed by atoms with Gasteiger partial charge in [-0.3, -0.25) is 37.3 Å². The first kappa shape index (κ1) is 101. The quantitative estimate of drug-likeness (QED) is 0.0222. The van der Waals surface area contributed by atoms with Crippen molar-refractivity contribution < 1.29 is 80.2 Å². The maximum absolute atomic E-state index is 13.1. The molecular formula is C84H164O17P2. The molecule has 0 amide bonds. The van der Waals surface area contributed by atoms with Gasteiger partial charge in [-0.15, -0.1) is 0 Å². The molecule has 0 radical (unpaired) electrons. The largest absolute Gasteiger partial charge is 0.472 e. The molecule has 19 heteroatoms. The van der Waals surface area contributed by atoms with Crippen LogP contribution in [0.3, 0.4) is 0 Å². The van der Waals surface area contributed by atoms with E-state index in [-0.39, 0.29) is 25.7 Å². The summed E-state index contributed by atoms with van der Waals surface area (Å²) in [7, 11) is -9.92. The predicted molar refractivity (Wildman–Crippen MR) is 423 cm³/mol. The number of hydrogen-bond acceptors (Lipinski definition) is 15. The molecule has 0 aliphatic carbocycles. The van der Waals surface area contributed by atoms with Crippen molar-refractivity contribution in [2.24, 2.45) is 5.92 Å². The highest BCUT2D eigenvalue weighted by Crippen LogP contribution is 2.45. The van der Waals surface area contributed by atoms with E-state index in [0.717, 1.165) is 95.8 Å². The molecule has 0 spiro atoms. The van der Waals surface area contributed by atoms with Gasteiger partial charge in [-0.2, -0.15) is 0 Å². The molecule has 5 atom stereocenters. The third kappa shape index (κ3) is 78.0. The van der Waals surface area contributed by atoms with Crippen LogP contribution >= 0.6 is 15.6 Å². The van der Waals surface area contributed by atoms with Gasteiger partial charge in [0.15, 0.2) is 12.2 Å². The highest BCUT2D eigenvalue weighted by molar-refractivity contribution is 7.47. The summed E-state index contributed by atoms with van der Waals surface area (Å²) in [5, 5.41) is 10.7. The maximum atomic E-state index is 13.1. The normalized spacial score (nSPS) is 13.8. The van der Waals surface area contributed by atoms with E-state index in [9.17, 15) is 43.2 Å². The van der Waals surface area contributed by atoms with Crippen LogP contribution in [0.25, 0.3) is 0 Å². The van der Waals surface area contributed by atoms with Gasteiger partial charge in [-0.05, 0) is 31.6 Å². The van der Waals surface area contributed by atoms with Crippen LogP contribution in [0.2, 0.25) is 0 Å². The minimum absolute atomic E-state index is 0.108. The third-order valence-corrected chi connectivity index (χ3v) is 21.7. The summed E-state index contributed by atoms with van der Waals surface area (Å²) in [5.74, 6) is -1.33. The molecule has 612 valence electrons. The number of unbranched alkanes of at least 4 members (excludes halogenated alkanes) is 56. The molecule has 0 rings (SSSR count). The van der Waals surface area contributed by atoms with Crippen LogP contribution in [0, 0.1) is 5.92 Å². The summed E-state index contributed by atoms with van der Waals surface area (Å²) >= 11 is 0. The molecule has 103 heavy (non-hydrogen) atoms. The van der Waals surface area contributed by atoms with Gasteiger partial charge in [0.2, 0.25) is 0 Å². The molecule has 0 saturated heterocycles. The van der Waals surface area contributed by atoms with Crippen LogP contribution < -0.4 is 0 Å². The lowest BCUT2D eigenvalue weighted by Crippen LogP contribution is -2.30. The van der Waals surface area contributed by atoms with Crippen molar-refractivity contribution >= 4 is 39.5 Å². The van der Waals surface area contributed by atoms with Crippen LogP contribution in [0.15, 0.2) is 0 Å². The van der Waals surface area contributed by atoms with Crippen molar-refractivity contribution in [1.29, 1.82) is 0 Å². The molecule has 0 saturated carbocycles. The summed E-state index contributed by atoms with van der Waals surface area (Å²) in [4.78, 5) is 73.1. The molecule has 0 aliphatic rings. The molecule has 17 nitrogen and oxygen atoms in total. The Morgan fingerprint density at radius 1 is 0.262 bits per heavy atom. The summed E-state index contributed by atoms with van der Waals surface area (Å²) in [6, 6.07) is 0.